The third-order valence-electron chi connectivity index (χ3n) is 2.15. The number of benzene rings is 1. The van der Waals surface area contributed by atoms with E-state index in [2.05, 4.69) is 0 Å². The molecule has 0 amide bonds. The standard InChI is InChI=1S/C10H8O3/c1-6-9-4-7(5-11)2-3-8(9)10(12)13-6/h2-6H,1H3. The van der Waals surface area contributed by atoms with Crippen molar-refractivity contribution in [3.05, 3.63) is 34.9 Å². The minimum Gasteiger partial charge on any atom is -0.454 e. The Kier molecular flexibility index (Phi) is 1.65. The van der Waals surface area contributed by atoms with Crippen molar-refractivity contribution in [2.75, 3.05) is 0 Å². The van der Waals surface area contributed by atoms with Gasteiger partial charge in [-0.3, -0.25) is 4.79 Å². The van der Waals surface area contributed by atoms with E-state index in [1.807, 2.05) is 0 Å². The Balaban J connectivity index is 2.58. The summed E-state index contributed by atoms with van der Waals surface area (Å²) in [7, 11) is 0. The molecule has 1 unspecified atom stereocenters. The van der Waals surface area contributed by atoms with E-state index in [4.69, 9.17) is 4.74 Å². The van der Waals surface area contributed by atoms with Gasteiger partial charge in [-0.1, -0.05) is 6.07 Å². The highest BCUT2D eigenvalue weighted by molar-refractivity contribution is 5.95. The summed E-state index contributed by atoms with van der Waals surface area (Å²) >= 11 is 0. The summed E-state index contributed by atoms with van der Waals surface area (Å²) in [6, 6.07) is 4.94. The Bertz CT molecular complexity index is 382. The van der Waals surface area contributed by atoms with Crippen LogP contribution in [0.3, 0.4) is 0 Å². The molecular formula is C10H8O3. The second-order valence-corrected chi connectivity index (χ2v) is 3.01. The molecule has 0 aromatic heterocycles. The topological polar surface area (TPSA) is 43.4 Å². The predicted molar refractivity (Wildman–Crippen MR) is 45.7 cm³/mol. The fraction of sp³-hybridized carbons (Fsp3) is 0.200. The van der Waals surface area contributed by atoms with Crippen molar-refractivity contribution in [1.82, 2.24) is 0 Å². The largest absolute Gasteiger partial charge is 0.454 e. The van der Waals surface area contributed by atoms with Crippen LogP contribution in [0.25, 0.3) is 0 Å². The average molecular weight is 176 g/mol. The smallest absolute Gasteiger partial charge is 0.339 e. The van der Waals surface area contributed by atoms with Crippen LogP contribution in [0.4, 0.5) is 0 Å². The molecule has 1 aromatic carbocycles. The van der Waals surface area contributed by atoms with Crippen LogP contribution in [0.15, 0.2) is 18.2 Å². The lowest BCUT2D eigenvalue weighted by Gasteiger charge is -2.01. The lowest BCUT2D eigenvalue weighted by Crippen LogP contribution is -1.94. The maximum absolute atomic E-state index is 11.2. The number of fused-ring (bicyclic) bond motifs is 1. The first-order valence-corrected chi connectivity index (χ1v) is 4.02. The molecule has 0 saturated heterocycles. The Morgan fingerprint density at radius 2 is 2.23 bits per heavy atom. The van der Waals surface area contributed by atoms with Gasteiger partial charge in [-0.15, -0.1) is 0 Å². The van der Waals surface area contributed by atoms with E-state index < -0.39 is 0 Å². The number of hydrogen-bond acceptors (Lipinski definition) is 3. The number of aldehydes is 1. The summed E-state index contributed by atoms with van der Waals surface area (Å²) in [5.74, 6) is -0.306. The molecule has 1 aromatic rings. The average Bonchev–Trinajstić information content (AvgIpc) is 2.42. The van der Waals surface area contributed by atoms with E-state index in [9.17, 15) is 9.59 Å². The van der Waals surface area contributed by atoms with Crippen LogP contribution in [0.1, 0.15) is 39.3 Å². The third-order valence-corrected chi connectivity index (χ3v) is 2.15. The van der Waals surface area contributed by atoms with Crippen molar-refractivity contribution in [1.29, 1.82) is 0 Å². The normalized spacial score (nSPS) is 19.5. The van der Waals surface area contributed by atoms with Crippen molar-refractivity contribution in [2.45, 2.75) is 13.0 Å². The number of ether oxygens (including phenoxy) is 1. The molecule has 3 heteroatoms. The number of esters is 1. The summed E-state index contributed by atoms with van der Waals surface area (Å²) in [4.78, 5) is 21.6. The van der Waals surface area contributed by atoms with E-state index in [0.29, 0.717) is 11.1 Å². The van der Waals surface area contributed by atoms with E-state index >= 15 is 0 Å². The summed E-state index contributed by atoms with van der Waals surface area (Å²) in [5, 5.41) is 0. The zero-order valence-electron chi connectivity index (χ0n) is 7.11. The molecule has 0 spiro atoms. The second kappa shape index (κ2) is 2.69. The molecule has 66 valence electrons. The van der Waals surface area contributed by atoms with E-state index in [1.54, 1.807) is 25.1 Å². The number of rotatable bonds is 1. The van der Waals surface area contributed by atoms with Crippen LogP contribution in [0.5, 0.6) is 0 Å². The maximum atomic E-state index is 11.2. The quantitative estimate of drug-likeness (QED) is 0.483. The zero-order valence-corrected chi connectivity index (χ0v) is 7.11. The fourth-order valence-corrected chi connectivity index (χ4v) is 1.46. The molecule has 1 aliphatic rings. The number of hydrogen-bond donors (Lipinski definition) is 0. The van der Waals surface area contributed by atoms with Gasteiger partial charge in [0.05, 0.1) is 5.56 Å². The number of cyclic esters (lactones) is 1. The highest BCUT2D eigenvalue weighted by atomic mass is 16.5. The van der Waals surface area contributed by atoms with Crippen LogP contribution in [0.2, 0.25) is 0 Å². The minimum atomic E-state index is -0.306. The molecule has 0 aliphatic carbocycles. The summed E-state index contributed by atoms with van der Waals surface area (Å²) < 4.78 is 4.98. The Hall–Kier alpha value is -1.64. The Morgan fingerprint density at radius 3 is 2.92 bits per heavy atom. The van der Waals surface area contributed by atoms with Gasteiger partial charge in [0.1, 0.15) is 12.4 Å². The molecular weight excluding hydrogens is 168 g/mol. The molecule has 0 radical (unpaired) electrons. The Labute approximate surface area is 75.3 Å². The number of carbonyl (C=O) groups excluding carboxylic acids is 2. The maximum Gasteiger partial charge on any atom is 0.339 e. The van der Waals surface area contributed by atoms with Crippen LogP contribution < -0.4 is 0 Å². The summed E-state index contributed by atoms with van der Waals surface area (Å²) in [6.07, 6.45) is 0.526. The third kappa shape index (κ3) is 1.13. The van der Waals surface area contributed by atoms with E-state index in [0.717, 1.165) is 11.8 Å². The molecule has 1 aliphatic heterocycles. The van der Waals surface area contributed by atoms with Gasteiger partial charge in [0.2, 0.25) is 0 Å². The van der Waals surface area contributed by atoms with Gasteiger partial charge in [0.25, 0.3) is 0 Å². The van der Waals surface area contributed by atoms with Crippen molar-refractivity contribution in [3.8, 4) is 0 Å². The lowest BCUT2D eigenvalue weighted by atomic mass is 10.0. The Morgan fingerprint density at radius 1 is 1.46 bits per heavy atom. The van der Waals surface area contributed by atoms with Gasteiger partial charge < -0.3 is 4.74 Å². The van der Waals surface area contributed by atoms with E-state index in [-0.39, 0.29) is 12.1 Å². The molecule has 0 saturated carbocycles. The molecule has 0 fully saturated rings. The molecule has 3 nitrogen and oxygen atoms in total. The second-order valence-electron chi connectivity index (χ2n) is 3.01. The van der Waals surface area contributed by atoms with Crippen LogP contribution >= 0.6 is 0 Å². The zero-order chi connectivity index (χ0) is 9.42. The van der Waals surface area contributed by atoms with Gasteiger partial charge in [-0.2, -0.15) is 0 Å². The van der Waals surface area contributed by atoms with Gasteiger partial charge in [0.15, 0.2) is 0 Å². The molecule has 1 atom stereocenters. The fourth-order valence-electron chi connectivity index (χ4n) is 1.46. The van der Waals surface area contributed by atoms with Crippen molar-refractivity contribution >= 4 is 12.3 Å². The van der Waals surface area contributed by atoms with E-state index in [1.165, 1.54) is 0 Å². The molecule has 2 rings (SSSR count). The lowest BCUT2D eigenvalue weighted by molar-refractivity contribution is 0.0422. The highest BCUT2D eigenvalue weighted by Crippen LogP contribution is 2.30. The first-order valence-electron chi connectivity index (χ1n) is 4.02. The van der Waals surface area contributed by atoms with Gasteiger partial charge in [-0.25, -0.2) is 4.79 Å². The summed E-state index contributed by atoms with van der Waals surface area (Å²) in [5.41, 5.74) is 1.94. The summed E-state index contributed by atoms with van der Waals surface area (Å²) in [6.45, 7) is 1.79. The monoisotopic (exact) mass is 176 g/mol. The van der Waals surface area contributed by atoms with Crippen LogP contribution in [-0.2, 0) is 4.74 Å². The predicted octanol–water partition coefficient (Wildman–Crippen LogP) is 1.73. The first kappa shape index (κ1) is 7.98. The van der Waals surface area contributed by atoms with Gasteiger partial charge >= 0.3 is 5.97 Å². The SMILES string of the molecule is CC1OC(=O)c2ccc(C=O)cc21. The van der Waals surface area contributed by atoms with Gasteiger partial charge in [-0.05, 0) is 19.1 Å². The number of carbonyl (C=O) groups is 2. The van der Waals surface area contributed by atoms with Gasteiger partial charge in [0, 0.05) is 11.1 Å². The molecule has 0 bridgehead atoms. The van der Waals surface area contributed by atoms with Crippen molar-refractivity contribution < 1.29 is 14.3 Å². The highest BCUT2D eigenvalue weighted by Gasteiger charge is 2.27. The molecule has 13 heavy (non-hydrogen) atoms. The van der Waals surface area contributed by atoms with Crippen molar-refractivity contribution in [3.63, 3.8) is 0 Å². The first-order chi connectivity index (χ1) is 6.22. The van der Waals surface area contributed by atoms with Crippen LogP contribution in [-0.4, -0.2) is 12.3 Å². The molecule has 0 N–H and O–H groups in total. The van der Waals surface area contributed by atoms with Crippen LogP contribution in [0, 0.1) is 0 Å². The minimum absolute atomic E-state index is 0.234. The van der Waals surface area contributed by atoms with Crippen molar-refractivity contribution in [2.24, 2.45) is 0 Å². The molecule has 1 heterocycles.